The van der Waals surface area contributed by atoms with Crippen LogP contribution in [0.1, 0.15) is 23.2 Å². The molecule has 1 N–H and O–H groups in total. The van der Waals surface area contributed by atoms with E-state index in [1.807, 2.05) is 0 Å². The van der Waals surface area contributed by atoms with Gasteiger partial charge in [0.05, 0.1) is 5.92 Å². The van der Waals surface area contributed by atoms with Crippen LogP contribution in [0.15, 0.2) is 42.5 Å². The Bertz CT molecular complexity index is 869. The van der Waals surface area contributed by atoms with Crippen molar-refractivity contribution < 1.29 is 19.1 Å². The van der Waals surface area contributed by atoms with Gasteiger partial charge in [0.15, 0.2) is 11.5 Å². The molecule has 140 valence electrons. The average molecular weight is 387 g/mol. The molecule has 4 rings (SSSR count). The van der Waals surface area contributed by atoms with Gasteiger partial charge in [-0.25, -0.2) is 0 Å². The van der Waals surface area contributed by atoms with Gasteiger partial charge in [0, 0.05) is 35.4 Å². The van der Waals surface area contributed by atoms with E-state index >= 15 is 0 Å². The van der Waals surface area contributed by atoms with Gasteiger partial charge in [-0.15, -0.1) is 0 Å². The van der Waals surface area contributed by atoms with E-state index in [0.717, 1.165) is 12.8 Å². The van der Waals surface area contributed by atoms with Gasteiger partial charge in [0.25, 0.3) is 5.91 Å². The molecule has 2 heterocycles. The van der Waals surface area contributed by atoms with Gasteiger partial charge in [0.1, 0.15) is 0 Å². The Balaban J connectivity index is 1.40. The van der Waals surface area contributed by atoms with E-state index in [4.69, 9.17) is 21.1 Å². The maximum absolute atomic E-state index is 12.7. The van der Waals surface area contributed by atoms with Crippen LogP contribution in [0.4, 0.5) is 5.69 Å². The molecule has 1 saturated heterocycles. The second-order valence-corrected chi connectivity index (χ2v) is 7.09. The number of anilines is 1. The first-order valence-electron chi connectivity index (χ1n) is 8.85. The minimum atomic E-state index is -0.250. The molecule has 0 aromatic heterocycles. The van der Waals surface area contributed by atoms with Gasteiger partial charge in [0.2, 0.25) is 12.7 Å². The Morgan fingerprint density at radius 3 is 2.67 bits per heavy atom. The fourth-order valence-electron chi connectivity index (χ4n) is 3.37. The summed E-state index contributed by atoms with van der Waals surface area (Å²) in [7, 11) is 0. The number of carbonyl (C=O) groups excluding carboxylic acids is 2. The maximum Gasteiger partial charge on any atom is 0.253 e. The number of likely N-dealkylation sites (tertiary alicyclic amines) is 1. The van der Waals surface area contributed by atoms with Crippen molar-refractivity contribution >= 4 is 29.1 Å². The van der Waals surface area contributed by atoms with Crippen LogP contribution in [0, 0.1) is 5.92 Å². The fraction of sp³-hybridized carbons (Fsp3) is 0.300. The Labute approximate surface area is 162 Å². The first-order valence-corrected chi connectivity index (χ1v) is 9.23. The quantitative estimate of drug-likeness (QED) is 0.875. The van der Waals surface area contributed by atoms with Crippen LogP contribution in [0.3, 0.4) is 0 Å². The molecule has 0 bridgehead atoms. The third kappa shape index (κ3) is 3.85. The monoisotopic (exact) mass is 386 g/mol. The zero-order valence-corrected chi connectivity index (χ0v) is 15.4. The number of ether oxygens (including phenoxy) is 2. The summed E-state index contributed by atoms with van der Waals surface area (Å²) in [6.45, 7) is 1.24. The number of amides is 2. The highest BCUT2D eigenvalue weighted by Crippen LogP contribution is 2.34. The van der Waals surface area contributed by atoms with Crippen molar-refractivity contribution in [3.05, 3.63) is 53.1 Å². The van der Waals surface area contributed by atoms with E-state index in [-0.39, 0.29) is 24.5 Å². The third-order valence-electron chi connectivity index (χ3n) is 4.81. The summed E-state index contributed by atoms with van der Waals surface area (Å²) in [6, 6.07) is 12.1. The Kier molecular flexibility index (Phi) is 4.90. The lowest BCUT2D eigenvalue weighted by molar-refractivity contribution is -0.121. The van der Waals surface area contributed by atoms with Crippen molar-refractivity contribution in [2.24, 2.45) is 5.92 Å². The van der Waals surface area contributed by atoms with E-state index in [2.05, 4.69) is 5.32 Å². The minimum Gasteiger partial charge on any atom is -0.454 e. The molecular formula is C20H19ClN2O4. The molecule has 2 amide bonds. The highest BCUT2D eigenvalue weighted by Gasteiger charge is 2.29. The van der Waals surface area contributed by atoms with E-state index in [1.54, 1.807) is 47.4 Å². The molecule has 0 unspecified atom stereocenters. The first kappa shape index (κ1) is 17.7. The number of piperidine rings is 1. The van der Waals surface area contributed by atoms with Crippen molar-refractivity contribution in [2.45, 2.75) is 12.8 Å². The lowest BCUT2D eigenvalue weighted by atomic mass is 9.96. The van der Waals surface area contributed by atoms with Gasteiger partial charge in [-0.05, 0) is 49.2 Å². The van der Waals surface area contributed by atoms with Crippen molar-refractivity contribution in [3.63, 3.8) is 0 Å². The number of nitrogens with one attached hydrogen (secondary N) is 1. The van der Waals surface area contributed by atoms with Crippen LogP contribution in [0.2, 0.25) is 5.02 Å². The number of hydrogen-bond donors (Lipinski definition) is 1. The molecule has 6 nitrogen and oxygen atoms in total. The Hall–Kier alpha value is -2.73. The Morgan fingerprint density at radius 1 is 1.07 bits per heavy atom. The molecule has 0 radical (unpaired) electrons. The van der Waals surface area contributed by atoms with Crippen molar-refractivity contribution in [2.75, 3.05) is 25.2 Å². The molecular weight excluding hydrogens is 368 g/mol. The predicted octanol–water partition coefficient (Wildman–Crippen LogP) is 3.56. The molecule has 2 aromatic carbocycles. The number of benzene rings is 2. The van der Waals surface area contributed by atoms with Gasteiger partial charge < -0.3 is 19.7 Å². The standard InChI is InChI=1S/C20H19ClN2O4/c21-15-5-3-13(4-6-15)20(25)23-9-1-2-14(11-23)19(24)22-16-7-8-17-18(10-16)27-12-26-17/h3-8,10,14H,1-2,9,11-12H2,(H,22,24)/t14-/m1/s1. The van der Waals surface area contributed by atoms with Crippen LogP contribution in [-0.4, -0.2) is 36.6 Å². The second kappa shape index (κ2) is 7.48. The highest BCUT2D eigenvalue weighted by atomic mass is 35.5. The maximum atomic E-state index is 12.7. The van der Waals surface area contributed by atoms with Gasteiger partial charge in [-0.2, -0.15) is 0 Å². The summed E-state index contributed by atoms with van der Waals surface area (Å²) in [5.74, 6) is 0.872. The van der Waals surface area contributed by atoms with E-state index in [0.29, 0.717) is 40.9 Å². The number of fused-ring (bicyclic) bond motifs is 1. The predicted molar refractivity (Wildman–Crippen MR) is 101 cm³/mol. The summed E-state index contributed by atoms with van der Waals surface area (Å²) >= 11 is 5.88. The van der Waals surface area contributed by atoms with Gasteiger partial charge in [-0.3, -0.25) is 9.59 Å². The van der Waals surface area contributed by atoms with Crippen molar-refractivity contribution in [3.8, 4) is 11.5 Å². The minimum absolute atomic E-state index is 0.0766. The first-order chi connectivity index (χ1) is 13.1. The van der Waals surface area contributed by atoms with Gasteiger partial charge >= 0.3 is 0 Å². The Morgan fingerprint density at radius 2 is 1.85 bits per heavy atom. The molecule has 2 aliphatic rings. The van der Waals surface area contributed by atoms with E-state index in [9.17, 15) is 9.59 Å². The zero-order valence-electron chi connectivity index (χ0n) is 14.6. The average Bonchev–Trinajstić information content (AvgIpc) is 3.16. The summed E-state index contributed by atoms with van der Waals surface area (Å²) < 4.78 is 10.6. The molecule has 2 aromatic rings. The highest BCUT2D eigenvalue weighted by molar-refractivity contribution is 6.30. The molecule has 1 atom stereocenters. The van der Waals surface area contributed by atoms with E-state index in [1.165, 1.54) is 0 Å². The van der Waals surface area contributed by atoms with Crippen molar-refractivity contribution in [1.82, 2.24) is 4.90 Å². The smallest absolute Gasteiger partial charge is 0.253 e. The number of halogens is 1. The number of hydrogen-bond acceptors (Lipinski definition) is 4. The summed E-state index contributed by atoms with van der Waals surface area (Å²) in [6.07, 6.45) is 1.54. The summed E-state index contributed by atoms with van der Waals surface area (Å²) in [5.41, 5.74) is 1.24. The molecule has 1 fully saturated rings. The fourth-order valence-corrected chi connectivity index (χ4v) is 3.50. The largest absolute Gasteiger partial charge is 0.454 e. The molecule has 0 spiro atoms. The molecule has 0 aliphatic carbocycles. The van der Waals surface area contributed by atoms with Crippen molar-refractivity contribution in [1.29, 1.82) is 0 Å². The number of rotatable bonds is 3. The number of carbonyl (C=O) groups is 2. The molecule has 0 saturated carbocycles. The van der Waals surface area contributed by atoms with Crippen LogP contribution in [-0.2, 0) is 4.79 Å². The SMILES string of the molecule is O=C(Nc1ccc2c(c1)OCO2)[C@@H]1CCCN(C(=O)c2ccc(Cl)cc2)C1. The van der Waals surface area contributed by atoms with E-state index < -0.39 is 0 Å². The van der Waals surface area contributed by atoms with Gasteiger partial charge in [-0.1, -0.05) is 11.6 Å². The zero-order chi connectivity index (χ0) is 18.8. The molecule has 2 aliphatic heterocycles. The molecule has 27 heavy (non-hydrogen) atoms. The summed E-state index contributed by atoms with van der Waals surface area (Å²) in [4.78, 5) is 27.1. The molecule has 7 heteroatoms. The second-order valence-electron chi connectivity index (χ2n) is 6.65. The third-order valence-corrected chi connectivity index (χ3v) is 5.06. The lowest BCUT2D eigenvalue weighted by Crippen LogP contribution is -2.43. The topological polar surface area (TPSA) is 67.9 Å². The normalized spacial score (nSPS) is 18.3. The summed E-state index contributed by atoms with van der Waals surface area (Å²) in [5, 5.41) is 3.51. The number of nitrogens with zero attached hydrogens (tertiary/aromatic N) is 1. The van der Waals surface area contributed by atoms with Crippen LogP contribution in [0.5, 0.6) is 11.5 Å². The van der Waals surface area contributed by atoms with Crippen LogP contribution < -0.4 is 14.8 Å². The van der Waals surface area contributed by atoms with Crippen LogP contribution in [0.25, 0.3) is 0 Å². The lowest BCUT2D eigenvalue weighted by Gasteiger charge is -2.32. The van der Waals surface area contributed by atoms with Crippen LogP contribution >= 0.6 is 11.6 Å².